The van der Waals surface area contributed by atoms with Crippen molar-refractivity contribution in [3.8, 4) is 12.1 Å². The van der Waals surface area contributed by atoms with E-state index in [1.807, 2.05) is 133 Å². The Morgan fingerprint density at radius 2 is 0.886 bits per heavy atom. The maximum absolute atomic E-state index is 10.5. The van der Waals surface area contributed by atoms with Crippen LogP contribution in [0.25, 0.3) is 22.5 Å². The molecule has 206 valence electrons. The lowest BCUT2D eigenvalue weighted by atomic mass is 9.96. The molecule has 5 aromatic rings. The van der Waals surface area contributed by atoms with E-state index in [9.17, 15) is 10.5 Å². The van der Waals surface area contributed by atoms with E-state index in [-0.39, 0.29) is 0 Å². The number of nitrogens with zero attached hydrogens (tertiary/aromatic N) is 4. The fraction of sp³-hybridized carbons (Fsp3) is 0. The highest BCUT2D eigenvalue weighted by Crippen LogP contribution is 2.32. The average Bonchev–Trinajstić information content (AvgIpc) is 3.61. The molecule has 0 atom stereocenters. The molecule has 0 saturated carbocycles. The predicted octanol–water partition coefficient (Wildman–Crippen LogP) is 5.26. The Morgan fingerprint density at radius 1 is 0.477 bits per heavy atom. The minimum absolute atomic E-state index is 0.405. The van der Waals surface area contributed by atoms with Gasteiger partial charge in [-0.05, 0) is 53.6 Å². The Morgan fingerprint density at radius 3 is 1.32 bits per heavy atom. The van der Waals surface area contributed by atoms with E-state index >= 15 is 0 Å². The summed E-state index contributed by atoms with van der Waals surface area (Å²) < 4.78 is 0. The minimum atomic E-state index is 0.405. The van der Waals surface area contributed by atoms with Gasteiger partial charge in [-0.3, -0.25) is 0 Å². The second-order valence-electron chi connectivity index (χ2n) is 10.2. The highest BCUT2D eigenvalue weighted by Gasteiger charge is 2.22. The molecule has 0 amide bonds. The number of benzene rings is 5. The van der Waals surface area contributed by atoms with Gasteiger partial charge in [0.2, 0.25) is 0 Å². The van der Waals surface area contributed by atoms with Gasteiger partial charge < -0.3 is 10.6 Å². The van der Waals surface area contributed by atoms with Crippen molar-refractivity contribution in [1.82, 2.24) is 0 Å². The van der Waals surface area contributed by atoms with E-state index in [0.29, 0.717) is 33.7 Å². The van der Waals surface area contributed by atoms with Crippen molar-refractivity contribution in [3.05, 3.63) is 177 Å². The zero-order valence-electron chi connectivity index (χ0n) is 23.5. The molecule has 6 heteroatoms. The largest absolute Gasteiger partial charge is 0.353 e. The van der Waals surface area contributed by atoms with Gasteiger partial charge in [0.25, 0.3) is 0 Å². The number of allylic oxidation sites excluding steroid dienone is 2. The molecule has 2 aliphatic heterocycles. The maximum Gasteiger partial charge on any atom is 0.106 e. The zero-order chi connectivity index (χ0) is 29.9. The van der Waals surface area contributed by atoms with Crippen LogP contribution in [0, 0.1) is 22.7 Å². The maximum atomic E-state index is 10.5. The quantitative estimate of drug-likeness (QED) is 0.275. The van der Waals surface area contributed by atoms with Crippen molar-refractivity contribution in [2.45, 2.75) is 0 Å². The second kappa shape index (κ2) is 11.4. The number of hydrogen-bond donors (Lipinski definition) is 2. The molecular weight excluding hydrogens is 540 g/mol. The third-order valence-corrected chi connectivity index (χ3v) is 7.51. The van der Waals surface area contributed by atoms with E-state index in [0.717, 1.165) is 43.9 Å². The molecule has 0 aliphatic carbocycles. The van der Waals surface area contributed by atoms with Crippen molar-refractivity contribution in [2.75, 3.05) is 10.6 Å². The van der Waals surface area contributed by atoms with Gasteiger partial charge in [0, 0.05) is 21.8 Å². The average molecular weight is 565 g/mol. The minimum Gasteiger partial charge on any atom is -0.353 e. The molecule has 0 spiro atoms. The molecule has 2 N–H and O–H groups in total. The summed E-state index contributed by atoms with van der Waals surface area (Å²) in [6.07, 6.45) is 0. The number of anilines is 2. The van der Waals surface area contributed by atoms with Gasteiger partial charge in [0.1, 0.15) is 23.5 Å². The standard InChI is InChI=1S/C38H24N6/c39-23-31(37-35(41-27-14-3-1-4-15-27)29-18-7-9-20-33(29)43-37)25-12-11-13-26(22-25)32(24-40)38-36(42-28-16-5-2-6-17-28)30-19-8-10-21-34(30)44-38/h1-22,41-42H/b37-31-,38-32-. The summed E-state index contributed by atoms with van der Waals surface area (Å²) in [4.78, 5) is 9.77. The zero-order valence-corrected chi connectivity index (χ0v) is 23.5. The van der Waals surface area contributed by atoms with Crippen LogP contribution in [-0.2, 0) is 0 Å². The van der Waals surface area contributed by atoms with E-state index in [1.54, 1.807) is 0 Å². The Balaban J connectivity index is 1.38. The Hall–Kier alpha value is -6.50. The molecular formula is C38H24N6. The van der Waals surface area contributed by atoms with Crippen molar-refractivity contribution in [3.63, 3.8) is 0 Å². The second-order valence-corrected chi connectivity index (χ2v) is 10.2. The van der Waals surface area contributed by atoms with Crippen LogP contribution in [0.1, 0.15) is 11.1 Å². The van der Waals surface area contributed by atoms with Crippen molar-refractivity contribution >= 4 is 33.9 Å². The lowest BCUT2D eigenvalue weighted by Crippen LogP contribution is -2.24. The number of hydrogen-bond acceptors (Lipinski definition) is 6. The fourth-order valence-electron chi connectivity index (χ4n) is 5.46. The van der Waals surface area contributed by atoms with Crippen LogP contribution < -0.4 is 31.8 Å². The number of fused-ring (bicyclic) bond motifs is 2. The summed E-state index contributed by atoms with van der Waals surface area (Å²) >= 11 is 0. The first-order chi connectivity index (χ1) is 21.7. The van der Waals surface area contributed by atoms with Crippen molar-refractivity contribution < 1.29 is 0 Å². The molecule has 6 nitrogen and oxygen atoms in total. The summed E-state index contributed by atoms with van der Waals surface area (Å²) in [5, 5.41) is 31.4. The molecule has 5 aromatic carbocycles. The third kappa shape index (κ3) is 4.83. The van der Waals surface area contributed by atoms with Gasteiger partial charge in [0.15, 0.2) is 0 Å². The number of nitrogens with one attached hydrogen (secondary N) is 2. The first-order valence-electron chi connectivity index (χ1n) is 14.1. The third-order valence-electron chi connectivity index (χ3n) is 7.51. The fourth-order valence-corrected chi connectivity index (χ4v) is 5.46. The number of nitriles is 2. The van der Waals surface area contributed by atoms with Gasteiger partial charge in [-0.1, -0.05) is 91.0 Å². The molecule has 0 radical (unpaired) electrons. The summed E-state index contributed by atoms with van der Waals surface area (Å²) in [6, 6.07) is 47.6. The first kappa shape index (κ1) is 26.4. The Kier molecular flexibility index (Phi) is 6.85. The highest BCUT2D eigenvalue weighted by molar-refractivity contribution is 5.96. The topological polar surface area (TPSA) is 96.4 Å². The molecule has 0 unspecified atom stereocenters. The van der Waals surface area contributed by atoms with E-state index in [1.165, 1.54) is 0 Å². The highest BCUT2D eigenvalue weighted by atomic mass is 15.0. The van der Waals surface area contributed by atoms with Crippen LogP contribution in [0.5, 0.6) is 0 Å². The van der Waals surface area contributed by atoms with E-state index in [2.05, 4.69) is 22.8 Å². The lowest BCUT2D eigenvalue weighted by molar-refractivity contribution is 1.31. The SMILES string of the molecule is N#C/C(=C1/N=c2ccccc2=C1Nc1ccccc1)c1cccc(/C(C#N)=C2\N=c3ccccc3=C2Nc2ccccc2)c1. The van der Waals surface area contributed by atoms with Crippen LogP contribution in [-0.4, -0.2) is 0 Å². The molecule has 2 aliphatic rings. The molecule has 0 saturated heterocycles. The van der Waals surface area contributed by atoms with Crippen LogP contribution in [0.4, 0.5) is 11.4 Å². The molecule has 0 aromatic heterocycles. The summed E-state index contributed by atoms with van der Waals surface area (Å²) in [5.74, 6) is 0. The molecule has 44 heavy (non-hydrogen) atoms. The molecule has 2 heterocycles. The predicted molar refractivity (Wildman–Crippen MR) is 173 cm³/mol. The van der Waals surface area contributed by atoms with Gasteiger partial charge in [-0.15, -0.1) is 0 Å². The molecule has 0 fully saturated rings. The smallest absolute Gasteiger partial charge is 0.106 e. The summed E-state index contributed by atoms with van der Waals surface area (Å²) in [5.41, 5.74) is 6.54. The Bertz CT molecular complexity index is 2170. The monoisotopic (exact) mass is 564 g/mol. The van der Waals surface area contributed by atoms with Gasteiger partial charge in [-0.25, -0.2) is 9.98 Å². The normalized spacial score (nSPS) is 15.1. The van der Waals surface area contributed by atoms with Crippen molar-refractivity contribution in [1.29, 1.82) is 10.5 Å². The van der Waals surface area contributed by atoms with Crippen molar-refractivity contribution in [2.24, 2.45) is 9.98 Å². The van der Waals surface area contributed by atoms with Gasteiger partial charge >= 0.3 is 0 Å². The van der Waals surface area contributed by atoms with Crippen LogP contribution in [0.3, 0.4) is 0 Å². The van der Waals surface area contributed by atoms with Gasteiger partial charge in [0.05, 0.1) is 33.3 Å². The summed E-state index contributed by atoms with van der Waals surface area (Å²) in [7, 11) is 0. The molecule has 7 rings (SSSR count). The first-order valence-corrected chi connectivity index (χ1v) is 14.1. The number of para-hydroxylation sites is 4. The van der Waals surface area contributed by atoms with E-state index in [4.69, 9.17) is 9.98 Å². The Labute approximate surface area is 253 Å². The summed E-state index contributed by atoms with van der Waals surface area (Å²) in [6.45, 7) is 0. The van der Waals surface area contributed by atoms with Crippen LogP contribution >= 0.6 is 0 Å². The molecule has 0 bridgehead atoms. The number of rotatable bonds is 6. The van der Waals surface area contributed by atoms with E-state index < -0.39 is 0 Å². The lowest BCUT2D eigenvalue weighted by Gasteiger charge is -2.13. The van der Waals surface area contributed by atoms with Crippen LogP contribution in [0.15, 0.2) is 155 Å². The van der Waals surface area contributed by atoms with Crippen LogP contribution in [0.2, 0.25) is 0 Å². The van der Waals surface area contributed by atoms with Gasteiger partial charge in [-0.2, -0.15) is 10.5 Å².